The molecule has 0 amide bonds. The van der Waals surface area contributed by atoms with Crippen LogP contribution in [0.2, 0.25) is 0 Å². The summed E-state index contributed by atoms with van der Waals surface area (Å²) in [5.74, 6) is 0.714. The van der Waals surface area contributed by atoms with Crippen LogP contribution in [0.1, 0.15) is 57.6 Å². The normalized spacial score (nSPS) is 16.6. The standard InChI is InChI=1S/C13H16N2.C2H6/c1-2-6-10(7-3-1)13-11-8-4-5-9-12(11)14-15-13;1-2/h4-5,8-10H,1-3,6-7H2,(H,14,15);1-2H3. The van der Waals surface area contributed by atoms with E-state index in [4.69, 9.17) is 0 Å². The van der Waals surface area contributed by atoms with Crippen LogP contribution in [0.15, 0.2) is 24.3 Å². The molecule has 2 aromatic rings. The van der Waals surface area contributed by atoms with Crippen molar-refractivity contribution in [2.45, 2.75) is 51.9 Å². The lowest BCUT2D eigenvalue weighted by atomic mass is 9.86. The molecule has 0 saturated heterocycles. The fraction of sp³-hybridized carbons (Fsp3) is 0.533. The molecule has 1 aliphatic rings. The first kappa shape index (κ1) is 12.2. The van der Waals surface area contributed by atoms with Gasteiger partial charge < -0.3 is 0 Å². The van der Waals surface area contributed by atoms with Crippen LogP contribution in [0.4, 0.5) is 0 Å². The van der Waals surface area contributed by atoms with Crippen molar-refractivity contribution in [3.05, 3.63) is 30.0 Å². The van der Waals surface area contributed by atoms with Gasteiger partial charge in [-0.3, -0.25) is 5.10 Å². The van der Waals surface area contributed by atoms with Crippen molar-refractivity contribution in [2.24, 2.45) is 0 Å². The van der Waals surface area contributed by atoms with Crippen LogP contribution < -0.4 is 0 Å². The Morgan fingerprint density at radius 2 is 1.76 bits per heavy atom. The largest absolute Gasteiger partial charge is 0.281 e. The zero-order chi connectivity index (χ0) is 12.1. The van der Waals surface area contributed by atoms with E-state index >= 15 is 0 Å². The second-order valence-corrected chi connectivity index (χ2v) is 4.49. The summed E-state index contributed by atoms with van der Waals surface area (Å²) in [6, 6.07) is 8.42. The molecule has 92 valence electrons. The molecule has 0 bridgehead atoms. The summed E-state index contributed by atoms with van der Waals surface area (Å²) < 4.78 is 0. The molecule has 3 rings (SSSR count). The molecule has 0 atom stereocenters. The molecule has 2 nitrogen and oxygen atoms in total. The molecule has 0 aliphatic heterocycles. The fourth-order valence-electron chi connectivity index (χ4n) is 2.68. The predicted molar refractivity (Wildman–Crippen MR) is 73.3 cm³/mol. The van der Waals surface area contributed by atoms with Gasteiger partial charge in [-0.2, -0.15) is 5.10 Å². The highest BCUT2D eigenvalue weighted by Crippen LogP contribution is 2.34. The Balaban J connectivity index is 0.000000514. The van der Waals surface area contributed by atoms with Crippen molar-refractivity contribution < 1.29 is 0 Å². The molecule has 1 fully saturated rings. The van der Waals surface area contributed by atoms with Crippen LogP contribution in [-0.4, -0.2) is 10.2 Å². The third-order valence-electron chi connectivity index (χ3n) is 3.50. The molecule has 1 aromatic carbocycles. The minimum Gasteiger partial charge on any atom is -0.281 e. The summed E-state index contributed by atoms with van der Waals surface area (Å²) in [4.78, 5) is 0. The zero-order valence-corrected chi connectivity index (χ0v) is 10.9. The molecule has 1 saturated carbocycles. The lowest BCUT2D eigenvalue weighted by molar-refractivity contribution is 0.438. The lowest BCUT2D eigenvalue weighted by Gasteiger charge is -2.20. The van der Waals surface area contributed by atoms with Crippen LogP contribution in [0.3, 0.4) is 0 Å². The van der Waals surface area contributed by atoms with E-state index in [0.717, 1.165) is 5.52 Å². The number of hydrogen-bond acceptors (Lipinski definition) is 1. The molecule has 1 aliphatic carbocycles. The SMILES string of the molecule is CC.c1ccc2c(C3CCCCC3)[nH]nc2c1. The van der Waals surface area contributed by atoms with Crippen LogP contribution in [0.25, 0.3) is 10.9 Å². The van der Waals surface area contributed by atoms with E-state index in [9.17, 15) is 0 Å². The van der Waals surface area contributed by atoms with E-state index in [1.165, 1.54) is 43.2 Å². The van der Waals surface area contributed by atoms with Crippen molar-refractivity contribution in [3.63, 3.8) is 0 Å². The van der Waals surface area contributed by atoms with E-state index in [2.05, 4.69) is 28.4 Å². The van der Waals surface area contributed by atoms with E-state index in [1.807, 2.05) is 19.9 Å². The molecule has 0 radical (unpaired) electrons. The molecule has 1 aromatic heterocycles. The van der Waals surface area contributed by atoms with Gasteiger partial charge in [0, 0.05) is 17.0 Å². The van der Waals surface area contributed by atoms with Gasteiger partial charge in [-0.15, -0.1) is 0 Å². The summed E-state index contributed by atoms with van der Waals surface area (Å²) in [6.07, 6.45) is 6.80. The van der Waals surface area contributed by atoms with Gasteiger partial charge in [0.15, 0.2) is 0 Å². The number of nitrogens with zero attached hydrogens (tertiary/aromatic N) is 1. The first-order chi connectivity index (χ1) is 8.45. The van der Waals surface area contributed by atoms with Gasteiger partial charge in [-0.25, -0.2) is 0 Å². The molecule has 1 N–H and O–H groups in total. The Hall–Kier alpha value is -1.31. The highest BCUT2D eigenvalue weighted by atomic mass is 15.1. The number of para-hydroxylation sites is 1. The van der Waals surface area contributed by atoms with Crippen molar-refractivity contribution in [3.8, 4) is 0 Å². The van der Waals surface area contributed by atoms with Crippen LogP contribution in [-0.2, 0) is 0 Å². The van der Waals surface area contributed by atoms with Crippen molar-refractivity contribution >= 4 is 10.9 Å². The van der Waals surface area contributed by atoms with Gasteiger partial charge in [0.05, 0.1) is 5.52 Å². The third kappa shape index (κ3) is 2.51. The second kappa shape index (κ2) is 5.85. The molecular formula is C15H22N2. The number of H-pyrrole nitrogens is 1. The van der Waals surface area contributed by atoms with Crippen molar-refractivity contribution in [2.75, 3.05) is 0 Å². The first-order valence-electron chi connectivity index (χ1n) is 6.88. The minimum absolute atomic E-state index is 0.714. The maximum atomic E-state index is 4.37. The highest BCUT2D eigenvalue weighted by molar-refractivity contribution is 5.81. The van der Waals surface area contributed by atoms with Gasteiger partial charge in [0.2, 0.25) is 0 Å². The number of benzene rings is 1. The second-order valence-electron chi connectivity index (χ2n) is 4.49. The third-order valence-corrected chi connectivity index (χ3v) is 3.50. The number of aromatic amines is 1. The maximum Gasteiger partial charge on any atom is 0.0923 e. The molecule has 0 unspecified atom stereocenters. The summed E-state index contributed by atoms with van der Waals surface area (Å²) in [7, 11) is 0. The van der Waals surface area contributed by atoms with Crippen LogP contribution in [0, 0.1) is 0 Å². The molecule has 17 heavy (non-hydrogen) atoms. The topological polar surface area (TPSA) is 28.7 Å². The first-order valence-corrected chi connectivity index (χ1v) is 6.88. The number of hydrogen-bond donors (Lipinski definition) is 1. The minimum atomic E-state index is 0.714. The average Bonchev–Trinajstić information content (AvgIpc) is 2.86. The quantitative estimate of drug-likeness (QED) is 0.759. The molecule has 0 spiro atoms. The van der Waals surface area contributed by atoms with Gasteiger partial charge in [0.1, 0.15) is 0 Å². The Morgan fingerprint density at radius 1 is 1.06 bits per heavy atom. The van der Waals surface area contributed by atoms with Gasteiger partial charge in [-0.05, 0) is 18.9 Å². The monoisotopic (exact) mass is 230 g/mol. The number of aromatic nitrogens is 2. The summed E-state index contributed by atoms with van der Waals surface area (Å²) in [6.45, 7) is 4.00. The summed E-state index contributed by atoms with van der Waals surface area (Å²) in [5.41, 5.74) is 2.48. The lowest BCUT2D eigenvalue weighted by Crippen LogP contribution is -2.05. The van der Waals surface area contributed by atoms with Gasteiger partial charge in [0.25, 0.3) is 0 Å². The molecule has 1 heterocycles. The Labute approximate surface area is 103 Å². The molecule has 2 heteroatoms. The smallest absolute Gasteiger partial charge is 0.0923 e. The number of fused-ring (bicyclic) bond motifs is 1. The maximum absolute atomic E-state index is 4.37. The van der Waals surface area contributed by atoms with Crippen molar-refractivity contribution in [1.82, 2.24) is 10.2 Å². The van der Waals surface area contributed by atoms with E-state index in [0.29, 0.717) is 5.92 Å². The average molecular weight is 230 g/mol. The zero-order valence-electron chi connectivity index (χ0n) is 10.9. The number of rotatable bonds is 1. The molecular weight excluding hydrogens is 208 g/mol. The summed E-state index contributed by atoms with van der Waals surface area (Å²) >= 11 is 0. The fourth-order valence-corrected chi connectivity index (χ4v) is 2.68. The van der Waals surface area contributed by atoms with Gasteiger partial charge in [-0.1, -0.05) is 51.3 Å². The van der Waals surface area contributed by atoms with E-state index < -0.39 is 0 Å². The van der Waals surface area contributed by atoms with Crippen LogP contribution in [0.5, 0.6) is 0 Å². The highest BCUT2D eigenvalue weighted by Gasteiger charge is 2.19. The van der Waals surface area contributed by atoms with Crippen molar-refractivity contribution in [1.29, 1.82) is 0 Å². The Morgan fingerprint density at radius 3 is 2.53 bits per heavy atom. The van der Waals surface area contributed by atoms with E-state index in [1.54, 1.807) is 0 Å². The van der Waals surface area contributed by atoms with E-state index in [-0.39, 0.29) is 0 Å². The predicted octanol–water partition coefficient (Wildman–Crippen LogP) is 4.64. The van der Waals surface area contributed by atoms with Gasteiger partial charge >= 0.3 is 0 Å². The Bertz CT molecular complexity index is 453. The summed E-state index contributed by atoms with van der Waals surface area (Å²) in [5, 5.41) is 8.93. The number of nitrogens with one attached hydrogen (secondary N) is 1. The van der Waals surface area contributed by atoms with Crippen LogP contribution >= 0.6 is 0 Å². The Kier molecular flexibility index (Phi) is 4.18.